The van der Waals surface area contributed by atoms with Crippen molar-refractivity contribution in [3.05, 3.63) is 69.5 Å². The van der Waals surface area contributed by atoms with Gasteiger partial charge in [-0.15, -0.1) is 10.2 Å². The summed E-state index contributed by atoms with van der Waals surface area (Å²) in [5.74, 6) is -0.557. The number of thioether (sulfide) groups is 1. The van der Waals surface area contributed by atoms with Crippen LogP contribution < -0.4 is 10.6 Å². The fraction of sp³-hybridized carbons (Fsp3) is 0.304. The van der Waals surface area contributed by atoms with E-state index in [0.29, 0.717) is 16.5 Å². The van der Waals surface area contributed by atoms with Gasteiger partial charge in [0.05, 0.1) is 16.7 Å². The van der Waals surface area contributed by atoms with Gasteiger partial charge in [-0.2, -0.15) is 0 Å². The second kappa shape index (κ2) is 11.0. The highest BCUT2D eigenvalue weighted by molar-refractivity contribution is 7.99. The lowest BCUT2D eigenvalue weighted by Gasteiger charge is -2.21. The van der Waals surface area contributed by atoms with E-state index in [0.717, 1.165) is 29.5 Å². The van der Waals surface area contributed by atoms with Crippen LogP contribution in [-0.4, -0.2) is 42.4 Å². The molecule has 0 radical (unpaired) electrons. The number of benzene rings is 2. The molecule has 1 heterocycles. The van der Waals surface area contributed by atoms with Gasteiger partial charge in [0, 0.05) is 24.4 Å². The number of phenolic OH excluding ortho intramolecular Hbond substituents is 1. The number of aryl methyl sites for hydroxylation is 1. The predicted octanol–water partition coefficient (Wildman–Crippen LogP) is 3.60. The molecule has 3 N–H and O–H groups in total. The van der Waals surface area contributed by atoms with Crippen LogP contribution >= 0.6 is 11.8 Å². The van der Waals surface area contributed by atoms with Crippen molar-refractivity contribution in [2.24, 2.45) is 13.0 Å². The number of phenols is 1. The van der Waals surface area contributed by atoms with Gasteiger partial charge in [0.1, 0.15) is 0 Å². The van der Waals surface area contributed by atoms with E-state index < -0.39 is 28.3 Å². The van der Waals surface area contributed by atoms with Crippen molar-refractivity contribution in [3.8, 4) is 5.75 Å². The van der Waals surface area contributed by atoms with Gasteiger partial charge in [-0.3, -0.25) is 19.7 Å². The number of aromatic hydroxyl groups is 1. The van der Waals surface area contributed by atoms with Gasteiger partial charge in [-0.1, -0.05) is 43.3 Å². The van der Waals surface area contributed by atoms with E-state index in [4.69, 9.17) is 0 Å². The molecular formula is C23H26N6O5S. The van der Waals surface area contributed by atoms with Crippen molar-refractivity contribution in [1.29, 1.82) is 0 Å². The van der Waals surface area contributed by atoms with Crippen LogP contribution in [0.3, 0.4) is 0 Å². The molecule has 0 aliphatic carbocycles. The third-order valence-electron chi connectivity index (χ3n) is 5.20. The summed E-state index contributed by atoms with van der Waals surface area (Å²) >= 11 is 1.14. The molecule has 0 aliphatic rings. The number of rotatable bonds is 9. The van der Waals surface area contributed by atoms with Crippen molar-refractivity contribution >= 4 is 35.0 Å². The summed E-state index contributed by atoms with van der Waals surface area (Å²) in [4.78, 5) is 35.3. The molecule has 11 nitrogen and oxygen atoms in total. The maximum atomic E-state index is 12.8. The number of amides is 2. The Bertz CT molecular complexity index is 1240. The number of hydrogen-bond donors (Lipinski definition) is 3. The monoisotopic (exact) mass is 498 g/mol. The lowest BCUT2D eigenvalue weighted by atomic mass is 10.0. The highest BCUT2D eigenvalue weighted by Crippen LogP contribution is 2.29. The summed E-state index contributed by atoms with van der Waals surface area (Å²) in [6.45, 7) is 5.88. The molecule has 35 heavy (non-hydrogen) atoms. The number of hydrogen-bond acceptors (Lipinski definition) is 8. The van der Waals surface area contributed by atoms with Crippen molar-refractivity contribution in [3.63, 3.8) is 0 Å². The Morgan fingerprint density at radius 2 is 1.86 bits per heavy atom. The quantitative estimate of drug-likeness (QED) is 0.175. The lowest BCUT2D eigenvalue weighted by Crippen LogP contribution is -2.33. The maximum Gasteiger partial charge on any atom is 0.312 e. The Morgan fingerprint density at radius 1 is 1.17 bits per heavy atom. The van der Waals surface area contributed by atoms with E-state index in [1.54, 1.807) is 23.7 Å². The molecule has 2 amide bonds. The Labute approximate surface area is 206 Å². The molecule has 0 unspecified atom stereocenters. The largest absolute Gasteiger partial charge is 0.502 e. The first-order valence-electron chi connectivity index (χ1n) is 10.7. The Morgan fingerprint density at radius 3 is 2.49 bits per heavy atom. The molecule has 1 aromatic heterocycles. The first-order valence-corrected chi connectivity index (χ1v) is 11.7. The van der Waals surface area contributed by atoms with Gasteiger partial charge in [-0.25, -0.2) is 0 Å². The average Bonchev–Trinajstić information content (AvgIpc) is 3.17. The molecule has 184 valence electrons. The molecule has 3 rings (SSSR count). The molecule has 0 spiro atoms. The normalized spacial score (nSPS) is 11.8. The summed E-state index contributed by atoms with van der Waals surface area (Å²) in [5, 5.41) is 34.9. The summed E-state index contributed by atoms with van der Waals surface area (Å²) in [6, 6.07) is 10.5. The zero-order valence-electron chi connectivity index (χ0n) is 19.7. The van der Waals surface area contributed by atoms with Gasteiger partial charge >= 0.3 is 5.69 Å². The van der Waals surface area contributed by atoms with E-state index in [2.05, 4.69) is 20.8 Å². The zero-order chi connectivity index (χ0) is 25.7. The third-order valence-corrected chi connectivity index (χ3v) is 6.22. The minimum atomic E-state index is -0.733. The SMILES string of the molecule is Cc1ccc(C(=O)N[C@H](c2nnc(SCC(=O)Nc3ccc(O)c([N+](=O)[O-])c3)n2C)C(C)C)cc1. The fourth-order valence-electron chi connectivity index (χ4n) is 3.26. The Balaban J connectivity index is 1.66. The highest BCUT2D eigenvalue weighted by atomic mass is 32.2. The molecule has 0 saturated carbocycles. The van der Waals surface area contributed by atoms with Crippen molar-refractivity contribution in [1.82, 2.24) is 20.1 Å². The molecule has 1 atom stereocenters. The molecule has 0 aliphatic heterocycles. The van der Waals surface area contributed by atoms with Crippen LogP contribution in [-0.2, 0) is 11.8 Å². The van der Waals surface area contributed by atoms with Gasteiger partial charge in [0.15, 0.2) is 16.7 Å². The standard InChI is InChI=1S/C23H26N6O5S/c1-13(2)20(25-22(32)15-7-5-14(3)6-8-15)21-26-27-23(28(21)4)35-12-19(31)24-16-9-10-18(30)17(11-16)29(33)34/h5-11,13,20,30H,12H2,1-4H3,(H,24,31)(H,25,32)/t20-/m0/s1. The first-order chi connectivity index (χ1) is 16.6. The summed E-state index contributed by atoms with van der Waals surface area (Å²) in [6.07, 6.45) is 0. The smallest absolute Gasteiger partial charge is 0.312 e. The molecule has 0 bridgehead atoms. The lowest BCUT2D eigenvalue weighted by molar-refractivity contribution is -0.385. The van der Waals surface area contributed by atoms with E-state index in [9.17, 15) is 24.8 Å². The molecule has 12 heteroatoms. The highest BCUT2D eigenvalue weighted by Gasteiger charge is 2.25. The molecule has 0 saturated heterocycles. The number of nitro benzene ring substituents is 1. The maximum absolute atomic E-state index is 12.8. The van der Waals surface area contributed by atoms with Gasteiger partial charge in [0.2, 0.25) is 5.91 Å². The Hall–Kier alpha value is -3.93. The van der Waals surface area contributed by atoms with E-state index in [1.807, 2.05) is 32.9 Å². The number of carbonyl (C=O) groups is 2. The predicted molar refractivity (Wildman–Crippen MR) is 131 cm³/mol. The van der Waals surface area contributed by atoms with Crippen molar-refractivity contribution < 1.29 is 19.6 Å². The summed E-state index contributed by atoms with van der Waals surface area (Å²) in [5.41, 5.74) is 1.30. The van der Waals surface area contributed by atoms with E-state index in [-0.39, 0.29) is 23.3 Å². The molecule has 0 fully saturated rings. The van der Waals surface area contributed by atoms with E-state index in [1.165, 1.54) is 6.07 Å². The van der Waals surface area contributed by atoms with Crippen LogP contribution in [0.2, 0.25) is 0 Å². The third kappa shape index (κ3) is 6.35. The van der Waals surface area contributed by atoms with Crippen LogP contribution in [0.4, 0.5) is 11.4 Å². The number of anilines is 1. The second-order valence-electron chi connectivity index (χ2n) is 8.26. The fourth-order valence-corrected chi connectivity index (χ4v) is 3.97. The van der Waals surface area contributed by atoms with Crippen molar-refractivity contribution in [2.45, 2.75) is 32.0 Å². The minimum Gasteiger partial charge on any atom is -0.502 e. The minimum absolute atomic E-state index is 0.0251. The van der Waals surface area contributed by atoms with Gasteiger partial charge < -0.3 is 20.3 Å². The molecule has 3 aromatic rings. The van der Waals surface area contributed by atoms with Gasteiger partial charge in [-0.05, 0) is 37.1 Å². The number of carbonyl (C=O) groups excluding carboxylic acids is 2. The zero-order valence-corrected chi connectivity index (χ0v) is 20.5. The van der Waals surface area contributed by atoms with E-state index >= 15 is 0 Å². The Kier molecular flexibility index (Phi) is 8.07. The average molecular weight is 499 g/mol. The number of nitrogens with one attached hydrogen (secondary N) is 2. The van der Waals surface area contributed by atoms with Crippen LogP contribution in [0, 0.1) is 23.0 Å². The topological polar surface area (TPSA) is 152 Å². The molecular weight excluding hydrogens is 472 g/mol. The van der Waals surface area contributed by atoms with Crippen LogP contribution in [0.1, 0.15) is 41.6 Å². The van der Waals surface area contributed by atoms with Crippen LogP contribution in [0.15, 0.2) is 47.6 Å². The summed E-state index contributed by atoms with van der Waals surface area (Å²) < 4.78 is 1.73. The van der Waals surface area contributed by atoms with Gasteiger partial charge in [0.25, 0.3) is 5.91 Å². The van der Waals surface area contributed by atoms with Crippen LogP contribution in [0.25, 0.3) is 0 Å². The van der Waals surface area contributed by atoms with Crippen LogP contribution in [0.5, 0.6) is 5.75 Å². The second-order valence-corrected chi connectivity index (χ2v) is 9.20. The molecule has 2 aromatic carbocycles. The number of nitrogens with zero attached hydrogens (tertiary/aromatic N) is 4. The van der Waals surface area contributed by atoms with Crippen molar-refractivity contribution in [2.75, 3.05) is 11.1 Å². The number of aromatic nitrogens is 3. The number of nitro groups is 1. The first kappa shape index (κ1) is 25.7. The summed E-state index contributed by atoms with van der Waals surface area (Å²) in [7, 11) is 1.76.